The molecule has 0 saturated carbocycles. The third kappa shape index (κ3) is 1.11. The van der Waals surface area contributed by atoms with Gasteiger partial charge < -0.3 is 10.2 Å². The molecule has 0 aromatic rings. The Balaban J connectivity index is 2.17. The van der Waals surface area contributed by atoms with Crippen molar-refractivity contribution < 1.29 is 4.79 Å². The molecule has 0 aliphatic carbocycles. The van der Waals surface area contributed by atoms with Crippen molar-refractivity contribution >= 4 is 5.91 Å². The van der Waals surface area contributed by atoms with E-state index in [9.17, 15) is 4.79 Å². The fourth-order valence-electron chi connectivity index (χ4n) is 2.37. The molecule has 13 heavy (non-hydrogen) atoms. The van der Waals surface area contributed by atoms with E-state index in [0.29, 0.717) is 6.04 Å². The van der Waals surface area contributed by atoms with Crippen LogP contribution >= 0.6 is 0 Å². The molecule has 1 amide bonds. The number of hydrogen-bond donors (Lipinski definition) is 1. The summed E-state index contributed by atoms with van der Waals surface area (Å²) < 4.78 is 0. The van der Waals surface area contributed by atoms with E-state index in [0.717, 1.165) is 19.3 Å². The second-order valence-corrected chi connectivity index (χ2v) is 3.70. The van der Waals surface area contributed by atoms with E-state index < -0.39 is 0 Å². The lowest BCUT2D eigenvalue weighted by atomic mass is 10.1. The summed E-state index contributed by atoms with van der Waals surface area (Å²) in [7, 11) is 1.80. The number of hydrogen-bond acceptors (Lipinski definition) is 3. The van der Waals surface area contributed by atoms with E-state index in [1.165, 1.54) is 0 Å². The van der Waals surface area contributed by atoms with Crippen LogP contribution in [0.3, 0.4) is 0 Å². The zero-order chi connectivity index (χ0) is 9.42. The molecule has 2 aliphatic rings. The van der Waals surface area contributed by atoms with Gasteiger partial charge in [0.15, 0.2) is 0 Å². The summed E-state index contributed by atoms with van der Waals surface area (Å²) in [6.07, 6.45) is 2.71. The average molecular weight is 179 g/mol. The summed E-state index contributed by atoms with van der Waals surface area (Å²) in [6, 6.07) is 2.28. The number of rotatable bonds is 1. The average Bonchev–Trinajstić information content (AvgIpc) is 2.66. The Morgan fingerprint density at radius 2 is 2.38 bits per heavy atom. The van der Waals surface area contributed by atoms with Gasteiger partial charge in [-0.15, -0.1) is 0 Å². The van der Waals surface area contributed by atoms with Crippen LogP contribution < -0.4 is 5.32 Å². The molecular formula is C9H13N3O. The zero-order valence-corrected chi connectivity index (χ0v) is 7.66. The Morgan fingerprint density at radius 1 is 1.62 bits per heavy atom. The summed E-state index contributed by atoms with van der Waals surface area (Å²) in [5.74, 6) is 0.108. The van der Waals surface area contributed by atoms with Gasteiger partial charge in [0, 0.05) is 6.04 Å². The molecule has 0 bridgehead atoms. The molecule has 3 unspecified atom stereocenters. The molecule has 2 fully saturated rings. The van der Waals surface area contributed by atoms with Gasteiger partial charge in [0.25, 0.3) is 0 Å². The standard InChI is InChI=1S/C9H13N3O/c1-11-8-4-6-2-3-7(5-10)12(6)9(8)13/h6-8,11H,2-4H2,1H3. The van der Waals surface area contributed by atoms with E-state index in [4.69, 9.17) is 5.26 Å². The molecular weight excluding hydrogens is 166 g/mol. The number of carbonyl (C=O) groups excluding carboxylic acids is 1. The zero-order valence-electron chi connectivity index (χ0n) is 7.66. The Kier molecular flexibility index (Phi) is 1.97. The van der Waals surface area contributed by atoms with E-state index in [1.807, 2.05) is 0 Å². The Hall–Kier alpha value is -1.08. The number of carbonyl (C=O) groups is 1. The van der Waals surface area contributed by atoms with Crippen LogP contribution in [-0.4, -0.2) is 36.0 Å². The van der Waals surface area contributed by atoms with E-state index in [-0.39, 0.29) is 18.0 Å². The minimum Gasteiger partial charge on any atom is -0.322 e. The van der Waals surface area contributed by atoms with Crippen LogP contribution in [0.2, 0.25) is 0 Å². The second kappa shape index (κ2) is 3.00. The molecule has 70 valence electrons. The number of fused-ring (bicyclic) bond motifs is 1. The van der Waals surface area contributed by atoms with Gasteiger partial charge >= 0.3 is 0 Å². The van der Waals surface area contributed by atoms with Gasteiger partial charge in [-0.05, 0) is 26.3 Å². The van der Waals surface area contributed by atoms with Gasteiger partial charge in [-0.3, -0.25) is 4.79 Å². The van der Waals surface area contributed by atoms with Gasteiger partial charge in [-0.2, -0.15) is 5.26 Å². The monoisotopic (exact) mass is 179 g/mol. The quantitative estimate of drug-likeness (QED) is 0.609. The van der Waals surface area contributed by atoms with Gasteiger partial charge in [0.05, 0.1) is 12.1 Å². The predicted molar refractivity (Wildman–Crippen MR) is 46.7 cm³/mol. The topological polar surface area (TPSA) is 56.1 Å². The van der Waals surface area contributed by atoms with Gasteiger partial charge in [0.1, 0.15) is 6.04 Å². The van der Waals surface area contributed by atoms with Crippen LogP contribution in [0.1, 0.15) is 19.3 Å². The highest BCUT2D eigenvalue weighted by molar-refractivity contribution is 5.85. The summed E-state index contributed by atoms with van der Waals surface area (Å²) in [4.78, 5) is 13.5. The highest BCUT2D eigenvalue weighted by atomic mass is 16.2. The maximum Gasteiger partial charge on any atom is 0.241 e. The van der Waals surface area contributed by atoms with Crippen molar-refractivity contribution in [3.8, 4) is 6.07 Å². The Morgan fingerprint density at radius 3 is 3.00 bits per heavy atom. The minimum absolute atomic E-state index is 0.0545. The molecule has 0 radical (unpaired) electrons. The number of likely N-dealkylation sites (N-methyl/N-ethyl adjacent to an activating group) is 1. The first-order valence-corrected chi connectivity index (χ1v) is 4.67. The Bertz CT molecular complexity index is 271. The first-order valence-electron chi connectivity index (χ1n) is 4.67. The number of nitriles is 1. The molecule has 0 aromatic carbocycles. The van der Waals surface area contributed by atoms with Crippen molar-refractivity contribution in [2.24, 2.45) is 0 Å². The minimum atomic E-state index is -0.171. The fraction of sp³-hybridized carbons (Fsp3) is 0.778. The predicted octanol–water partition coefficient (Wildman–Crippen LogP) is -0.139. The molecule has 0 spiro atoms. The number of amides is 1. The Labute approximate surface area is 77.5 Å². The van der Waals surface area contributed by atoms with Crippen molar-refractivity contribution in [3.05, 3.63) is 0 Å². The lowest BCUT2D eigenvalue weighted by Crippen LogP contribution is -2.40. The van der Waals surface area contributed by atoms with Crippen LogP contribution in [-0.2, 0) is 4.79 Å². The van der Waals surface area contributed by atoms with Gasteiger partial charge in [-0.25, -0.2) is 0 Å². The van der Waals surface area contributed by atoms with Crippen LogP contribution in [0, 0.1) is 11.3 Å². The van der Waals surface area contributed by atoms with E-state index in [1.54, 1.807) is 11.9 Å². The second-order valence-electron chi connectivity index (χ2n) is 3.70. The first kappa shape index (κ1) is 8.52. The number of nitrogens with zero attached hydrogens (tertiary/aromatic N) is 2. The maximum atomic E-state index is 11.7. The molecule has 2 aliphatic heterocycles. The third-order valence-electron chi connectivity index (χ3n) is 3.06. The third-order valence-corrected chi connectivity index (χ3v) is 3.06. The molecule has 0 aromatic heterocycles. The first-order chi connectivity index (χ1) is 6.27. The highest BCUT2D eigenvalue weighted by Crippen LogP contribution is 2.32. The molecule has 2 saturated heterocycles. The lowest BCUT2D eigenvalue weighted by Gasteiger charge is -2.18. The molecule has 3 atom stereocenters. The van der Waals surface area contributed by atoms with Crippen molar-refractivity contribution in [3.63, 3.8) is 0 Å². The molecule has 2 heterocycles. The summed E-state index contributed by atoms with van der Waals surface area (Å²) in [5.41, 5.74) is 0. The normalized spacial score (nSPS) is 37.7. The van der Waals surface area contributed by atoms with Crippen molar-refractivity contribution in [2.75, 3.05) is 7.05 Å². The van der Waals surface area contributed by atoms with E-state index in [2.05, 4.69) is 11.4 Å². The largest absolute Gasteiger partial charge is 0.322 e. The molecule has 2 rings (SSSR count). The molecule has 4 heteroatoms. The highest BCUT2D eigenvalue weighted by Gasteiger charge is 2.46. The molecule has 1 N–H and O–H groups in total. The van der Waals surface area contributed by atoms with Crippen LogP contribution in [0.15, 0.2) is 0 Å². The van der Waals surface area contributed by atoms with E-state index >= 15 is 0 Å². The smallest absolute Gasteiger partial charge is 0.241 e. The number of nitrogens with one attached hydrogen (secondary N) is 1. The van der Waals surface area contributed by atoms with Gasteiger partial charge in [0.2, 0.25) is 5.91 Å². The lowest BCUT2D eigenvalue weighted by molar-refractivity contribution is -0.130. The van der Waals surface area contributed by atoms with Crippen LogP contribution in [0.5, 0.6) is 0 Å². The molecule has 4 nitrogen and oxygen atoms in total. The van der Waals surface area contributed by atoms with Gasteiger partial charge in [-0.1, -0.05) is 0 Å². The van der Waals surface area contributed by atoms with Crippen LogP contribution in [0.25, 0.3) is 0 Å². The van der Waals surface area contributed by atoms with Crippen molar-refractivity contribution in [2.45, 2.75) is 37.4 Å². The fourth-order valence-corrected chi connectivity index (χ4v) is 2.37. The van der Waals surface area contributed by atoms with Crippen molar-refractivity contribution in [1.29, 1.82) is 5.26 Å². The van der Waals surface area contributed by atoms with Crippen molar-refractivity contribution in [1.82, 2.24) is 10.2 Å². The summed E-state index contributed by atoms with van der Waals surface area (Å²) in [6.45, 7) is 0. The summed E-state index contributed by atoms with van der Waals surface area (Å²) in [5, 5.41) is 11.8. The summed E-state index contributed by atoms with van der Waals surface area (Å²) >= 11 is 0. The SMILES string of the molecule is CNC1CC2CCC(C#N)N2C1=O. The maximum absolute atomic E-state index is 11.7. The van der Waals surface area contributed by atoms with Crippen LogP contribution in [0.4, 0.5) is 0 Å².